The second-order valence-electron chi connectivity index (χ2n) is 5.02. The van der Waals surface area contributed by atoms with Crippen LogP contribution in [0.1, 0.15) is 11.4 Å². The normalized spacial score (nSPS) is 11.4. The minimum atomic E-state index is -0.505. The molecule has 0 fully saturated rings. The van der Waals surface area contributed by atoms with E-state index in [0.717, 1.165) is 5.56 Å². The molecule has 4 aromatic rings. The zero-order chi connectivity index (χ0) is 16.0. The molecule has 8 heteroatoms. The molecule has 0 spiro atoms. The van der Waals surface area contributed by atoms with E-state index in [9.17, 15) is 4.79 Å². The molecule has 7 nitrogen and oxygen atoms in total. The first-order valence-corrected chi connectivity index (χ1v) is 7.15. The summed E-state index contributed by atoms with van der Waals surface area (Å²) in [5.74, 6) is 0.542. The number of halogens is 1. The number of furan rings is 1. The average molecular weight is 332 g/mol. The second-order valence-corrected chi connectivity index (χ2v) is 5.45. The van der Waals surface area contributed by atoms with Gasteiger partial charge >= 0.3 is 5.76 Å². The highest BCUT2D eigenvalue weighted by molar-refractivity contribution is 6.31. The molecule has 4 rings (SSSR count). The second kappa shape index (κ2) is 5.13. The topological polar surface area (TPSA) is 87.2 Å². The van der Waals surface area contributed by atoms with E-state index in [2.05, 4.69) is 10.1 Å². The molecule has 116 valence electrons. The standard InChI is InChI=1S/C15H10ClN3O4/c1-8-5-9(16)6-10-13(8)22-15(20)19(10)7-12-17-14(23-18-12)11-3-2-4-21-11/h2-6H,7H2,1H3. The quantitative estimate of drug-likeness (QED) is 0.572. The molecular weight excluding hydrogens is 322 g/mol. The number of fused-ring (bicyclic) bond motifs is 1. The van der Waals surface area contributed by atoms with Gasteiger partial charge in [0.1, 0.15) is 0 Å². The first-order valence-electron chi connectivity index (χ1n) is 6.78. The van der Waals surface area contributed by atoms with E-state index in [0.29, 0.717) is 27.7 Å². The lowest BCUT2D eigenvalue weighted by Gasteiger charge is -1.99. The Morgan fingerprint density at radius 1 is 1.35 bits per heavy atom. The summed E-state index contributed by atoms with van der Waals surface area (Å²) in [6, 6.07) is 6.83. The van der Waals surface area contributed by atoms with Gasteiger partial charge in [0.15, 0.2) is 17.2 Å². The van der Waals surface area contributed by atoms with Crippen LogP contribution in [-0.4, -0.2) is 14.7 Å². The zero-order valence-electron chi connectivity index (χ0n) is 11.9. The molecule has 0 aliphatic rings. The number of nitrogens with zero attached hydrogens (tertiary/aromatic N) is 3. The monoisotopic (exact) mass is 331 g/mol. The van der Waals surface area contributed by atoms with E-state index in [1.165, 1.54) is 10.8 Å². The van der Waals surface area contributed by atoms with Gasteiger partial charge in [-0.15, -0.1) is 0 Å². The molecule has 0 unspecified atom stereocenters. The molecule has 0 saturated carbocycles. The number of hydrogen-bond donors (Lipinski definition) is 0. The first kappa shape index (κ1) is 13.8. The Bertz CT molecular complexity index is 1040. The summed E-state index contributed by atoms with van der Waals surface area (Å²) in [6.07, 6.45) is 1.51. The van der Waals surface area contributed by atoms with Gasteiger partial charge in [-0.25, -0.2) is 4.79 Å². The molecule has 3 heterocycles. The van der Waals surface area contributed by atoms with Gasteiger partial charge in [-0.05, 0) is 36.8 Å². The van der Waals surface area contributed by atoms with E-state index < -0.39 is 5.76 Å². The van der Waals surface area contributed by atoms with Crippen LogP contribution in [0.25, 0.3) is 22.8 Å². The first-order chi connectivity index (χ1) is 11.1. The van der Waals surface area contributed by atoms with Gasteiger partial charge < -0.3 is 13.4 Å². The minimum Gasteiger partial charge on any atom is -0.459 e. The maximum Gasteiger partial charge on any atom is 0.420 e. The largest absolute Gasteiger partial charge is 0.459 e. The summed E-state index contributed by atoms with van der Waals surface area (Å²) in [6.45, 7) is 1.93. The van der Waals surface area contributed by atoms with Gasteiger partial charge in [0.2, 0.25) is 0 Å². The van der Waals surface area contributed by atoms with Crippen LogP contribution in [0.4, 0.5) is 0 Å². The third-order valence-electron chi connectivity index (χ3n) is 3.42. The molecule has 0 bridgehead atoms. The van der Waals surface area contributed by atoms with Crippen molar-refractivity contribution in [3.8, 4) is 11.7 Å². The van der Waals surface area contributed by atoms with Gasteiger partial charge in [0.25, 0.3) is 5.89 Å². The van der Waals surface area contributed by atoms with Crippen LogP contribution in [0.5, 0.6) is 0 Å². The number of aromatic nitrogens is 3. The SMILES string of the molecule is Cc1cc(Cl)cc2c1oc(=O)n2Cc1noc(-c2ccco2)n1. The molecule has 0 atom stereocenters. The van der Waals surface area contributed by atoms with Crippen molar-refractivity contribution in [2.75, 3.05) is 0 Å². The summed E-state index contributed by atoms with van der Waals surface area (Å²) >= 11 is 6.06. The number of hydrogen-bond acceptors (Lipinski definition) is 6. The lowest BCUT2D eigenvalue weighted by Crippen LogP contribution is -2.15. The fourth-order valence-electron chi connectivity index (χ4n) is 2.40. The van der Waals surface area contributed by atoms with Crippen molar-refractivity contribution in [1.82, 2.24) is 14.7 Å². The van der Waals surface area contributed by atoms with Crippen molar-refractivity contribution in [2.24, 2.45) is 0 Å². The summed E-state index contributed by atoms with van der Waals surface area (Å²) in [7, 11) is 0. The van der Waals surface area contributed by atoms with E-state index in [1.54, 1.807) is 24.3 Å². The van der Waals surface area contributed by atoms with Crippen molar-refractivity contribution in [2.45, 2.75) is 13.5 Å². The molecule has 0 N–H and O–H groups in total. The molecule has 3 aromatic heterocycles. The van der Waals surface area contributed by atoms with Gasteiger partial charge in [-0.1, -0.05) is 16.8 Å². The fraction of sp³-hybridized carbons (Fsp3) is 0.133. The Morgan fingerprint density at radius 3 is 3.00 bits per heavy atom. The number of oxazole rings is 1. The van der Waals surface area contributed by atoms with Gasteiger partial charge in [0.05, 0.1) is 18.3 Å². The van der Waals surface area contributed by atoms with Crippen LogP contribution in [0.15, 0.2) is 48.7 Å². The Morgan fingerprint density at radius 2 is 2.22 bits per heavy atom. The van der Waals surface area contributed by atoms with E-state index in [-0.39, 0.29) is 12.4 Å². The summed E-state index contributed by atoms with van der Waals surface area (Å²) < 4.78 is 17.0. The van der Waals surface area contributed by atoms with Gasteiger partial charge in [-0.3, -0.25) is 4.57 Å². The Kier molecular flexibility index (Phi) is 3.09. The van der Waals surface area contributed by atoms with Crippen molar-refractivity contribution in [3.05, 3.63) is 57.5 Å². The Hall–Kier alpha value is -2.80. The van der Waals surface area contributed by atoms with E-state index in [1.807, 2.05) is 6.92 Å². The highest BCUT2D eigenvalue weighted by atomic mass is 35.5. The van der Waals surface area contributed by atoms with E-state index >= 15 is 0 Å². The van der Waals surface area contributed by atoms with E-state index in [4.69, 9.17) is 25.0 Å². The minimum absolute atomic E-state index is 0.107. The van der Waals surface area contributed by atoms with Crippen molar-refractivity contribution >= 4 is 22.7 Å². The molecule has 0 saturated heterocycles. The molecule has 0 aliphatic heterocycles. The van der Waals surface area contributed by atoms with Crippen LogP contribution in [0, 0.1) is 6.92 Å². The lowest BCUT2D eigenvalue weighted by molar-refractivity contribution is 0.406. The zero-order valence-corrected chi connectivity index (χ0v) is 12.7. The van der Waals surface area contributed by atoms with Gasteiger partial charge in [0, 0.05) is 5.02 Å². The maximum atomic E-state index is 12.1. The summed E-state index contributed by atoms with van der Waals surface area (Å²) in [5, 5.41) is 4.38. The predicted octanol–water partition coefficient (Wildman–Crippen LogP) is 3.25. The Balaban J connectivity index is 1.76. The van der Waals surface area contributed by atoms with Crippen molar-refractivity contribution in [3.63, 3.8) is 0 Å². The Labute approximate surface area is 134 Å². The highest BCUT2D eigenvalue weighted by Crippen LogP contribution is 2.23. The van der Waals surface area contributed by atoms with Crippen LogP contribution >= 0.6 is 11.6 Å². The number of benzene rings is 1. The summed E-state index contributed by atoms with van der Waals surface area (Å²) in [4.78, 5) is 16.3. The van der Waals surface area contributed by atoms with Crippen molar-refractivity contribution < 1.29 is 13.4 Å². The predicted molar refractivity (Wildman–Crippen MR) is 81.3 cm³/mol. The summed E-state index contributed by atoms with van der Waals surface area (Å²) in [5.41, 5.74) is 1.87. The smallest absolute Gasteiger partial charge is 0.420 e. The molecule has 23 heavy (non-hydrogen) atoms. The van der Waals surface area contributed by atoms with Crippen LogP contribution < -0.4 is 5.76 Å². The average Bonchev–Trinajstić information content (AvgIpc) is 3.21. The maximum absolute atomic E-state index is 12.1. The molecule has 1 aromatic carbocycles. The molecular formula is C15H10ClN3O4. The van der Waals surface area contributed by atoms with Crippen LogP contribution in [0.2, 0.25) is 5.02 Å². The highest BCUT2D eigenvalue weighted by Gasteiger charge is 2.16. The van der Waals surface area contributed by atoms with Gasteiger partial charge in [-0.2, -0.15) is 4.98 Å². The third kappa shape index (κ3) is 2.35. The number of aryl methyl sites for hydroxylation is 1. The number of rotatable bonds is 3. The van der Waals surface area contributed by atoms with Crippen LogP contribution in [-0.2, 0) is 6.54 Å². The van der Waals surface area contributed by atoms with Crippen molar-refractivity contribution in [1.29, 1.82) is 0 Å². The van der Waals surface area contributed by atoms with Crippen LogP contribution in [0.3, 0.4) is 0 Å². The lowest BCUT2D eigenvalue weighted by atomic mass is 10.2. The molecule has 0 radical (unpaired) electrons. The third-order valence-corrected chi connectivity index (χ3v) is 3.64. The fourth-order valence-corrected chi connectivity index (χ4v) is 2.66. The molecule has 0 aliphatic carbocycles. The molecule has 0 amide bonds.